The van der Waals surface area contributed by atoms with Crippen LogP contribution in [0, 0.1) is 22.2 Å². The number of hydrogen-bond donors (Lipinski definition) is 0. The van der Waals surface area contributed by atoms with Crippen LogP contribution in [0.15, 0.2) is 34.7 Å². The zero-order chi connectivity index (χ0) is 40.6. The van der Waals surface area contributed by atoms with Gasteiger partial charge in [0, 0.05) is 68.4 Å². The van der Waals surface area contributed by atoms with Crippen molar-refractivity contribution in [1.29, 1.82) is 0 Å². The summed E-state index contributed by atoms with van der Waals surface area (Å²) in [5.74, 6) is -7.06. The maximum Gasteiger partial charge on any atom is 0.331 e. The maximum absolute atomic E-state index is 14.1. The van der Waals surface area contributed by atoms with Gasteiger partial charge in [-0.1, -0.05) is 34.6 Å². The molecule has 4 saturated carbocycles. The molecule has 0 aromatic carbocycles. The van der Waals surface area contributed by atoms with Crippen molar-refractivity contribution in [2.45, 2.75) is 147 Å². The third-order valence-electron chi connectivity index (χ3n) is 14.4. The molecule has 0 radical (unpaired) electrons. The van der Waals surface area contributed by atoms with Crippen LogP contribution in [0.2, 0.25) is 0 Å². The van der Waals surface area contributed by atoms with Gasteiger partial charge in [-0.15, -0.1) is 0 Å². The minimum atomic E-state index is -2.18. The van der Waals surface area contributed by atoms with Gasteiger partial charge in [0.15, 0.2) is 17.8 Å². The van der Waals surface area contributed by atoms with Gasteiger partial charge in [0.1, 0.15) is 23.4 Å². The van der Waals surface area contributed by atoms with E-state index in [0.717, 1.165) is 0 Å². The predicted octanol–water partition coefficient (Wildman–Crippen LogP) is 4.07. The van der Waals surface area contributed by atoms with E-state index in [1.54, 1.807) is 33.8 Å². The van der Waals surface area contributed by atoms with Gasteiger partial charge in [-0.3, -0.25) is 24.0 Å². The van der Waals surface area contributed by atoms with Gasteiger partial charge in [0.05, 0.1) is 25.1 Å². The monoisotopic (exact) mass is 784 g/mol. The molecule has 56 heavy (non-hydrogen) atoms. The minimum Gasteiger partial charge on any atom is -0.472 e. The van der Waals surface area contributed by atoms with Gasteiger partial charge in [-0.2, -0.15) is 0 Å². The highest BCUT2D eigenvalue weighted by Crippen LogP contribution is 2.90. The molecule has 4 bridgehead atoms. The Kier molecular flexibility index (Phi) is 8.19. The molecule has 2 saturated heterocycles. The van der Waals surface area contributed by atoms with Gasteiger partial charge < -0.3 is 47.0 Å². The van der Waals surface area contributed by atoms with E-state index in [9.17, 15) is 28.8 Å². The molecule has 2 spiro atoms. The van der Waals surface area contributed by atoms with E-state index in [2.05, 4.69) is 0 Å². The van der Waals surface area contributed by atoms with Gasteiger partial charge in [0.2, 0.25) is 5.60 Å². The summed E-state index contributed by atoms with van der Waals surface area (Å²) < 4.78 is 64.4. The molecule has 7 aliphatic rings. The summed E-state index contributed by atoms with van der Waals surface area (Å²) in [5.41, 5.74) is -11.6. The highest BCUT2D eigenvalue weighted by Gasteiger charge is 3.05. The highest BCUT2D eigenvalue weighted by molar-refractivity contribution is 5.86. The van der Waals surface area contributed by atoms with E-state index in [4.69, 9.17) is 47.0 Å². The lowest BCUT2D eigenvalue weighted by Crippen LogP contribution is -2.94. The Balaban J connectivity index is 1.55. The van der Waals surface area contributed by atoms with E-state index in [0.29, 0.717) is 5.56 Å². The predicted molar refractivity (Wildman–Crippen MR) is 184 cm³/mol. The molecule has 304 valence electrons. The number of rotatable bonds is 10. The van der Waals surface area contributed by atoms with Crippen LogP contribution in [0.1, 0.15) is 106 Å². The topological polar surface area (TPSA) is 199 Å². The van der Waals surface area contributed by atoms with E-state index in [1.165, 1.54) is 39.6 Å². The number of carbonyl (C=O) groups excluding carboxylic acids is 6. The van der Waals surface area contributed by atoms with Crippen molar-refractivity contribution in [3.8, 4) is 0 Å². The lowest BCUT2D eigenvalue weighted by atomic mass is 9.34. The summed E-state index contributed by atoms with van der Waals surface area (Å²) in [6, 6.07) is 1.62. The second kappa shape index (κ2) is 11.9. The number of furan rings is 1. The van der Waals surface area contributed by atoms with Crippen LogP contribution in [-0.2, 0) is 71.4 Å². The Labute approximate surface area is 323 Å². The smallest absolute Gasteiger partial charge is 0.331 e. The van der Waals surface area contributed by atoms with Crippen LogP contribution in [0.3, 0.4) is 0 Å². The summed E-state index contributed by atoms with van der Waals surface area (Å²) in [6.07, 6.45) is -2.11. The molecule has 4 aliphatic carbocycles. The van der Waals surface area contributed by atoms with Gasteiger partial charge >= 0.3 is 35.8 Å². The average molecular weight is 785 g/mol. The van der Waals surface area contributed by atoms with Gasteiger partial charge in [-0.25, -0.2) is 4.79 Å². The van der Waals surface area contributed by atoms with E-state index in [1.807, 2.05) is 13.8 Å². The fourth-order valence-electron chi connectivity index (χ4n) is 12.7. The Bertz CT molecular complexity index is 1960. The Morgan fingerprint density at radius 1 is 0.839 bits per heavy atom. The molecule has 3 aliphatic heterocycles. The third-order valence-corrected chi connectivity index (χ3v) is 14.4. The van der Waals surface area contributed by atoms with Crippen LogP contribution in [0.5, 0.6) is 0 Å². The molecule has 13 atom stereocenters. The first-order valence-corrected chi connectivity index (χ1v) is 19.2. The molecule has 16 nitrogen and oxygen atoms in total. The summed E-state index contributed by atoms with van der Waals surface area (Å²) in [6.45, 7) is 13.0. The Morgan fingerprint density at radius 2 is 1.50 bits per heavy atom. The van der Waals surface area contributed by atoms with Gasteiger partial charge in [-0.05, 0) is 30.9 Å². The van der Waals surface area contributed by atoms with Crippen LogP contribution < -0.4 is 0 Å². The maximum atomic E-state index is 14.1. The number of hydrogen-bond acceptors (Lipinski definition) is 16. The van der Waals surface area contributed by atoms with Crippen molar-refractivity contribution in [3.63, 3.8) is 0 Å². The summed E-state index contributed by atoms with van der Waals surface area (Å²) in [4.78, 5) is 82.5. The summed E-state index contributed by atoms with van der Waals surface area (Å²) in [7, 11) is 1.26. The first-order chi connectivity index (χ1) is 26.3. The van der Waals surface area contributed by atoms with Crippen LogP contribution in [0.4, 0.5) is 0 Å². The largest absolute Gasteiger partial charge is 0.472 e. The third kappa shape index (κ3) is 4.15. The molecular formula is C40H48O16. The van der Waals surface area contributed by atoms with Crippen LogP contribution in [-0.4, -0.2) is 89.6 Å². The molecule has 1 aromatic heterocycles. The molecule has 0 N–H and O–H groups in total. The minimum absolute atomic E-state index is 0.000750. The molecule has 4 heterocycles. The molecule has 6 fully saturated rings. The summed E-state index contributed by atoms with van der Waals surface area (Å²) >= 11 is 0. The second-order valence-corrected chi connectivity index (χ2v) is 16.9. The Hall–Kier alpha value is -4.28. The molecule has 0 amide bonds. The number of fused-ring (bicyclic) bond motifs is 3. The zero-order valence-corrected chi connectivity index (χ0v) is 33.0. The number of carbonyl (C=O) groups is 6. The quantitative estimate of drug-likeness (QED) is 0.243. The molecule has 1 aromatic rings. The normalized spacial score (nSPS) is 45.8. The van der Waals surface area contributed by atoms with Crippen molar-refractivity contribution in [3.05, 3.63) is 35.8 Å². The first-order valence-electron chi connectivity index (χ1n) is 19.2. The number of cyclic esters (lactones) is 1. The fraction of sp³-hybridized carbons (Fsp3) is 0.700. The molecule has 8 rings (SSSR count). The lowest BCUT2D eigenvalue weighted by molar-refractivity contribution is -0.476. The van der Waals surface area contributed by atoms with Crippen LogP contribution >= 0.6 is 0 Å². The summed E-state index contributed by atoms with van der Waals surface area (Å²) in [5, 5.41) is 0. The van der Waals surface area contributed by atoms with Gasteiger partial charge in [0.25, 0.3) is 5.97 Å². The molecule has 16 heteroatoms. The number of methoxy groups -OCH3 is 1. The van der Waals surface area contributed by atoms with Crippen molar-refractivity contribution in [2.75, 3.05) is 7.11 Å². The SMILES string of the molecule is CCC(=O)O[C@H]1C[C@@]23OC4(C)O[C@]56C[C@@](C)([C@H](OC(C)=O)[C@]5(OC(=O)CC)[C@@H](OC(=O)CC)[C@]2(O4)C2=CC(=O)O[C@@H](c4ccoc4)[C@@]21C)[C@H](CC(=O)OC)[C@@]36C. The van der Waals surface area contributed by atoms with Crippen molar-refractivity contribution in [1.82, 2.24) is 0 Å². The average Bonchev–Trinajstić information content (AvgIpc) is 3.84. The Morgan fingerprint density at radius 3 is 2.11 bits per heavy atom. The molecular weight excluding hydrogens is 736 g/mol. The van der Waals surface area contributed by atoms with E-state index >= 15 is 0 Å². The van der Waals surface area contributed by atoms with E-state index in [-0.39, 0.29) is 44.1 Å². The van der Waals surface area contributed by atoms with E-state index < -0.39 is 111 Å². The lowest BCUT2D eigenvalue weighted by Gasteiger charge is -2.76. The number of esters is 6. The van der Waals surface area contributed by atoms with Crippen molar-refractivity contribution < 1.29 is 75.8 Å². The second-order valence-electron chi connectivity index (χ2n) is 16.9. The highest BCUT2D eigenvalue weighted by atomic mass is 16.9. The van der Waals surface area contributed by atoms with Crippen LogP contribution in [0.25, 0.3) is 0 Å². The number of ether oxygens (including phenoxy) is 9. The fourth-order valence-corrected chi connectivity index (χ4v) is 12.7. The zero-order valence-electron chi connectivity index (χ0n) is 33.0. The standard InChI is InChI=1S/C40H48O16/c1-10-25(42)50-24-17-37-35(7)22(15-28(45)47-9)33(5)19-38(35)40(53-27(44)12-3,31(33)49-20(4)41)32(52-26(43)11-2)39(37,56-36(8,54-37)55-38)23-16-29(46)51-30(34(23,24)6)21-13-14-48-18-21/h13-14,16,18,22,24,30-32H,10-12,15,17,19H2,1-9H3/t22-,24-,30-,31-,32-,33+,34-,35-,36?,37-,38-,39+,40-/m0/s1. The van der Waals surface area contributed by atoms with Crippen molar-refractivity contribution >= 4 is 35.8 Å². The molecule has 1 unspecified atom stereocenters. The van der Waals surface area contributed by atoms with Crippen molar-refractivity contribution in [2.24, 2.45) is 22.2 Å². The first kappa shape index (κ1) is 38.6.